The van der Waals surface area contributed by atoms with E-state index in [9.17, 15) is 13.2 Å². The van der Waals surface area contributed by atoms with Crippen LogP contribution >= 0.6 is 0 Å². The van der Waals surface area contributed by atoms with E-state index in [1.54, 1.807) is 47.9 Å². The lowest BCUT2D eigenvalue weighted by Gasteiger charge is -2.09. The van der Waals surface area contributed by atoms with Gasteiger partial charge in [0.05, 0.1) is 17.7 Å². The average Bonchev–Trinajstić information content (AvgIpc) is 3.10. The molecule has 0 spiro atoms. The van der Waals surface area contributed by atoms with Crippen LogP contribution in [0.1, 0.15) is 16.2 Å². The smallest absolute Gasteiger partial charge is 0.274 e. The van der Waals surface area contributed by atoms with E-state index >= 15 is 0 Å². The van der Waals surface area contributed by atoms with Gasteiger partial charge in [-0.05, 0) is 55.5 Å². The fraction of sp³-hybridized carbons (Fsp3) is 0.0952. The molecule has 0 aliphatic carbocycles. The van der Waals surface area contributed by atoms with Crippen molar-refractivity contribution in [3.8, 4) is 5.75 Å². The Morgan fingerprint density at radius 3 is 2.52 bits per heavy atom. The number of hydrogen-bond acceptors (Lipinski definition) is 6. The summed E-state index contributed by atoms with van der Waals surface area (Å²) in [6.45, 7) is 1.74. The minimum absolute atomic E-state index is 0.0480. The van der Waals surface area contributed by atoms with Crippen molar-refractivity contribution >= 4 is 33.1 Å². The Labute approximate surface area is 178 Å². The summed E-state index contributed by atoms with van der Waals surface area (Å²) in [4.78, 5) is 21.3. The van der Waals surface area contributed by atoms with Gasteiger partial charge < -0.3 is 10.1 Å². The highest BCUT2D eigenvalue weighted by molar-refractivity contribution is 7.92. The second-order valence-corrected chi connectivity index (χ2v) is 8.30. The third-order valence-electron chi connectivity index (χ3n) is 4.55. The number of benzene rings is 1. The van der Waals surface area contributed by atoms with Crippen LogP contribution in [0.5, 0.6) is 5.75 Å². The van der Waals surface area contributed by atoms with Crippen molar-refractivity contribution in [2.75, 3.05) is 17.1 Å². The van der Waals surface area contributed by atoms with Crippen LogP contribution in [-0.4, -0.2) is 35.8 Å². The number of hydrogen-bond donors (Lipinski definition) is 2. The molecule has 1 amide bonds. The molecule has 10 heteroatoms. The van der Waals surface area contributed by atoms with Crippen molar-refractivity contribution in [1.29, 1.82) is 0 Å². The summed E-state index contributed by atoms with van der Waals surface area (Å²) in [7, 11) is -2.26. The number of ether oxygens (including phenoxy) is 1. The van der Waals surface area contributed by atoms with Gasteiger partial charge in [0.15, 0.2) is 11.4 Å². The second kappa shape index (κ2) is 8.07. The third kappa shape index (κ3) is 4.05. The normalized spacial score (nSPS) is 11.3. The lowest BCUT2D eigenvalue weighted by Crippen LogP contribution is -2.16. The van der Waals surface area contributed by atoms with Crippen molar-refractivity contribution in [2.45, 2.75) is 11.8 Å². The van der Waals surface area contributed by atoms with Crippen LogP contribution < -0.4 is 14.8 Å². The molecule has 0 aliphatic heterocycles. The molecule has 0 radical (unpaired) electrons. The van der Waals surface area contributed by atoms with E-state index < -0.39 is 10.0 Å². The molecule has 9 nitrogen and oxygen atoms in total. The van der Waals surface area contributed by atoms with E-state index in [0.29, 0.717) is 28.5 Å². The molecule has 3 heterocycles. The highest BCUT2D eigenvalue weighted by Gasteiger charge is 2.19. The fourth-order valence-electron chi connectivity index (χ4n) is 3.12. The van der Waals surface area contributed by atoms with Crippen LogP contribution in [0.3, 0.4) is 0 Å². The summed E-state index contributed by atoms with van der Waals surface area (Å²) >= 11 is 0. The van der Waals surface area contributed by atoms with Gasteiger partial charge >= 0.3 is 0 Å². The van der Waals surface area contributed by atoms with Gasteiger partial charge in [-0.3, -0.25) is 13.9 Å². The van der Waals surface area contributed by atoms with Gasteiger partial charge in [0, 0.05) is 18.1 Å². The maximum Gasteiger partial charge on any atom is 0.274 e. The minimum Gasteiger partial charge on any atom is -0.493 e. The predicted molar refractivity (Wildman–Crippen MR) is 116 cm³/mol. The van der Waals surface area contributed by atoms with Crippen molar-refractivity contribution in [3.05, 3.63) is 78.4 Å². The number of nitrogens with zero attached hydrogens (tertiary/aromatic N) is 3. The highest BCUT2D eigenvalue weighted by atomic mass is 32.2. The number of fused-ring (bicyclic) bond motifs is 1. The maximum atomic E-state index is 12.9. The van der Waals surface area contributed by atoms with Crippen LogP contribution in [0.25, 0.3) is 5.65 Å². The van der Waals surface area contributed by atoms with Crippen molar-refractivity contribution in [2.24, 2.45) is 0 Å². The van der Waals surface area contributed by atoms with Gasteiger partial charge in [-0.2, -0.15) is 0 Å². The molecule has 3 aromatic heterocycles. The Bertz CT molecular complexity index is 1350. The molecule has 0 unspecified atom stereocenters. The Hall–Kier alpha value is -3.92. The first-order valence-electron chi connectivity index (χ1n) is 9.26. The summed E-state index contributed by atoms with van der Waals surface area (Å²) in [5.74, 6) is 0.401. The lowest BCUT2D eigenvalue weighted by molar-refractivity contribution is 0.102. The summed E-state index contributed by atoms with van der Waals surface area (Å²) in [5, 5.41) is 2.77. The summed E-state index contributed by atoms with van der Waals surface area (Å²) in [6, 6.07) is 14.3. The van der Waals surface area contributed by atoms with Gasteiger partial charge in [-0.25, -0.2) is 18.4 Å². The maximum absolute atomic E-state index is 12.9. The van der Waals surface area contributed by atoms with E-state index in [4.69, 9.17) is 4.74 Å². The monoisotopic (exact) mass is 437 g/mol. The van der Waals surface area contributed by atoms with Crippen LogP contribution in [0.15, 0.2) is 71.9 Å². The zero-order valence-electron chi connectivity index (χ0n) is 16.7. The number of rotatable bonds is 6. The number of amides is 1. The van der Waals surface area contributed by atoms with Gasteiger partial charge in [-0.1, -0.05) is 6.07 Å². The van der Waals surface area contributed by atoms with E-state index in [1.165, 1.54) is 37.6 Å². The molecule has 4 aromatic rings. The zero-order valence-corrected chi connectivity index (χ0v) is 17.6. The van der Waals surface area contributed by atoms with Crippen molar-refractivity contribution in [1.82, 2.24) is 14.4 Å². The van der Waals surface area contributed by atoms with Gasteiger partial charge in [0.1, 0.15) is 11.5 Å². The largest absolute Gasteiger partial charge is 0.493 e. The fourth-order valence-corrected chi connectivity index (χ4v) is 4.12. The average molecular weight is 437 g/mol. The van der Waals surface area contributed by atoms with Crippen LogP contribution in [-0.2, 0) is 10.0 Å². The molecule has 4 rings (SSSR count). The molecule has 0 atom stereocenters. The number of sulfonamides is 1. The second-order valence-electron chi connectivity index (χ2n) is 6.61. The first-order chi connectivity index (χ1) is 14.9. The highest BCUT2D eigenvalue weighted by Crippen LogP contribution is 2.23. The summed E-state index contributed by atoms with van der Waals surface area (Å²) in [6.07, 6.45) is 3.22. The van der Waals surface area contributed by atoms with E-state index in [2.05, 4.69) is 20.0 Å². The number of nitrogens with one attached hydrogen (secondary N) is 2. The number of aryl methyl sites for hydroxylation is 1. The molecule has 0 aliphatic rings. The molecular formula is C21H19N5O4S. The zero-order chi connectivity index (χ0) is 22.0. The number of anilines is 2. The SMILES string of the molecule is COc1cccn2c(C(=O)Nc3ccc(S(=O)(=O)Nc4ccccn4)cc3)c(C)nc12. The van der Waals surface area contributed by atoms with E-state index in [1.807, 2.05) is 0 Å². The molecular weight excluding hydrogens is 418 g/mol. The van der Waals surface area contributed by atoms with Gasteiger partial charge in [0.25, 0.3) is 15.9 Å². The summed E-state index contributed by atoms with van der Waals surface area (Å²) < 4.78 is 34.4. The number of pyridine rings is 2. The third-order valence-corrected chi connectivity index (χ3v) is 5.92. The topological polar surface area (TPSA) is 115 Å². The molecule has 0 saturated carbocycles. The lowest BCUT2D eigenvalue weighted by atomic mass is 10.3. The predicted octanol–water partition coefficient (Wildman–Crippen LogP) is 3.10. The van der Waals surface area contributed by atoms with Crippen molar-refractivity contribution < 1.29 is 17.9 Å². The Morgan fingerprint density at radius 2 is 1.84 bits per heavy atom. The molecule has 0 saturated heterocycles. The Kier molecular flexibility index (Phi) is 5.30. The first-order valence-corrected chi connectivity index (χ1v) is 10.7. The quantitative estimate of drug-likeness (QED) is 0.479. The van der Waals surface area contributed by atoms with Gasteiger partial charge in [0.2, 0.25) is 0 Å². The molecule has 0 fully saturated rings. The van der Waals surface area contributed by atoms with Crippen LogP contribution in [0.2, 0.25) is 0 Å². The number of imidazole rings is 1. The van der Waals surface area contributed by atoms with Crippen molar-refractivity contribution in [3.63, 3.8) is 0 Å². The standard InChI is InChI=1S/C21H19N5O4S/c1-14-19(26-13-5-6-17(30-2)20(26)23-14)21(27)24-15-8-10-16(11-9-15)31(28,29)25-18-7-3-4-12-22-18/h3-13H,1-2H3,(H,22,25)(H,24,27). The number of aromatic nitrogens is 3. The molecule has 158 valence electrons. The number of carbonyl (C=O) groups is 1. The van der Waals surface area contributed by atoms with Gasteiger partial charge in [-0.15, -0.1) is 0 Å². The number of carbonyl (C=O) groups excluding carboxylic acids is 1. The number of methoxy groups -OCH3 is 1. The van der Waals surface area contributed by atoms with E-state index in [0.717, 1.165) is 0 Å². The Balaban J connectivity index is 1.55. The first kappa shape index (κ1) is 20.4. The molecule has 31 heavy (non-hydrogen) atoms. The van der Waals surface area contributed by atoms with Crippen LogP contribution in [0, 0.1) is 6.92 Å². The molecule has 2 N–H and O–H groups in total. The minimum atomic E-state index is -3.80. The van der Waals surface area contributed by atoms with E-state index in [-0.39, 0.29) is 16.6 Å². The molecule has 1 aromatic carbocycles. The van der Waals surface area contributed by atoms with Crippen LogP contribution in [0.4, 0.5) is 11.5 Å². The Morgan fingerprint density at radius 1 is 1.06 bits per heavy atom. The summed E-state index contributed by atoms with van der Waals surface area (Å²) in [5.41, 5.74) is 1.89. The molecule has 0 bridgehead atoms.